The molecule has 1 saturated carbocycles. The number of carboxylic acids is 1. The van der Waals surface area contributed by atoms with E-state index >= 15 is 0 Å². The van der Waals surface area contributed by atoms with E-state index in [1.165, 1.54) is 19.3 Å². The van der Waals surface area contributed by atoms with Crippen LogP contribution in [-0.4, -0.2) is 29.8 Å². The molecule has 0 saturated heterocycles. The van der Waals surface area contributed by atoms with Crippen molar-refractivity contribution in [2.45, 2.75) is 57.6 Å². The highest BCUT2D eigenvalue weighted by molar-refractivity contribution is 5.72. The summed E-state index contributed by atoms with van der Waals surface area (Å²) < 4.78 is 5.69. The second-order valence-electron chi connectivity index (χ2n) is 4.67. The Bertz CT molecular complexity index is 220. The summed E-state index contributed by atoms with van der Waals surface area (Å²) in [6.45, 7) is 2.68. The van der Waals surface area contributed by atoms with Gasteiger partial charge in [-0.1, -0.05) is 26.2 Å². The molecule has 0 spiro atoms. The zero-order valence-electron chi connectivity index (χ0n) is 10.0. The van der Waals surface area contributed by atoms with E-state index in [1.54, 1.807) is 0 Å². The fraction of sp³-hybridized carbons (Fsp3) is 0.917. The molecule has 1 aliphatic carbocycles. The predicted molar refractivity (Wildman–Crippen MR) is 62.2 cm³/mol. The van der Waals surface area contributed by atoms with Gasteiger partial charge in [-0.25, -0.2) is 0 Å². The fourth-order valence-electron chi connectivity index (χ4n) is 2.25. The predicted octanol–water partition coefficient (Wildman–Crippen LogP) is 1.77. The van der Waals surface area contributed by atoms with Gasteiger partial charge in [-0.3, -0.25) is 4.79 Å². The average molecular weight is 229 g/mol. The smallest absolute Gasteiger partial charge is 0.320 e. The summed E-state index contributed by atoms with van der Waals surface area (Å²) in [5.74, 6) is -0.162. The van der Waals surface area contributed by atoms with Crippen molar-refractivity contribution in [1.29, 1.82) is 0 Å². The zero-order valence-corrected chi connectivity index (χ0v) is 10.0. The van der Waals surface area contributed by atoms with Crippen LogP contribution < -0.4 is 5.73 Å². The van der Waals surface area contributed by atoms with E-state index in [0.717, 1.165) is 18.8 Å². The molecular weight excluding hydrogens is 206 g/mol. The summed E-state index contributed by atoms with van der Waals surface area (Å²) in [6.07, 6.45) is 6.72. The number of rotatable bonds is 6. The first-order valence-corrected chi connectivity index (χ1v) is 6.23. The van der Waals surface area contributed by atoms with Crippen molar-refractivity contribution in [1.82, 2.24) is 0 Å². The van der Waals surface area contributed by atoms with Gasteiger partial charge in [0.25, 0.3) is 0 Å². The molecule has 1 fully saturated rings. The van der Waals surface area contributed by atoms with Gasteiger partial charge in [-0.05, 0) is 25.2 Å². The highest BCUT2D eigenvalue weighted by atomic mass is 16.5. The molecule has 94 valence electrons. The summed E-state index contributed by atoms with van der Waals surface area (Å²) >= 11 is 0. The van der Waals surface area contributed by atoms with Crippen LogP contribution in [0.15, 0.2) is 0 Å². The van der Waals surface area contributed by atoms with Gasteiger partial charge in [0.15, 0.2) is 0 Å². The van der Waals surface area contributed by atoms with Gasteiger partial charge in [0, 0.05) is 6.61 Å². The molecular formula is C12H23NO3. The van der Waals surface area contributed by atoms with Gasteiger partial charge < -0.3 is 15.6 Å². The molecule has 0 amide bonds. The largest absolute Gasteiger partial charge is 0.480 e. The van der Waals surface area contributed by atoms with Crippen molar-refractivity contribution in [2.24, 2.45) is 11.7 Å². The van der Waals surface area contributed by atoms with Crippen LogP contribution in [0.2, 0.25) is 0 Å². The highest BCUT2D eigenvalue weighted by Gasteiger charge is 2.21. The van der Waals surface area contributed by atoms with Crippen molar-refractivity contribution < 1.29 is 14.6 Å². The molecule has 3 unspecified atom stereocenters. The number of nitrogens with two attached hydrogens (primary N) is 1. The Morgan fingerprint density at radius 1 is 1.56 bits per heavy atom. The Hall–Kier alpha value is -0.610. The average Bonchev–Trinajstić information content (AvgIpc) is 2.29. The minimum absolute atomic E-state index is 0.319. The number of aliphatic carboxylic acids is 1. The maximum absolute atomic E-state index is 10.5. The quantitative estimate of drug-likeness (QED) is 0.728. The Morgan fingerprint density at radius 2 is 2.31 bits per heavy atom. The molecule has 0 aromatic carbocycles. The number of ether oxygens (including phenoxy) is 1. The minimum atomic E-state index is -0.946. The number of hydrogen-bond acceptors (Lipinski definition) is 3. The lowest BCUT2D eigenvalue weighted by atomic mass is 9.85. The van der Waals surface area contributed by atoms with Crippen LogP contribution in [-0.2, 0) is 9.53 Å². The molecule has 1 rings (SSSR count). The van der Waals surface area contributed by atoms with Gasteiger partial charge >= 0.3 is 5.97 Å². The van der Waals surface area contributed by atoms with Crippen LogP contribution in [0.3, 0.4) is 0 Å². The van der Waals surface area contributed by atoms with Crippen molar-refractivity contribution in [2.75, 3.05) is 6.61 Å². The van der Waals surface area contributed by atoms with E-state index in [9.17, 15) is 4.79 Å². The molecule has 16 heavy (non-hydrogen) atoms. The van der Waals surface area contributed by atoms with Gasteiger partial charge in [0.1, 0.15) is 6.04 Å². The Balaban J connectivity index is 2.15. The van der Waals surface area contributed by atoms with Crippen molar-refractivity contribution in [3.05, 3.63) is 0 Å². The van der Waals surface area contributed by atoms with E-state index in [2.05, 4.69) is 6.92 Å². The summed E-state index contributed by atoms with van der Waals surface area (Å²) in [6, 6.07) is -0.787. The molecule has 3 atom stereocenters. The SMILES string of the molecule is CCC1CCCC(OCCC(N)C(=O)O)C1. The van der Waals surface area contributed by atoms with Crippen LogP contribution in [0.5, 0.6) is 0 Å². The normalized spacial score (nSPS) is 27.6. The van der Waals surface area contributed by atoms with E-state index in [0.29, 0.717) is 19.1 Å². The molecule has 3 N–H and O–H groups in total. The lowest BCUT2D eigenvalue weighted by Gasteiger charge is -2.28. The Kier molecular flexibility index (Phi) is 5.77. The molecule has 0 aromatic heterocycles. The Labute approximate surface area is 97.2 Å². The number of carbonyl (C=O) groups is 1. The molecule has 4 heteroatoms. The van der Waals surface area contributed by atoms with Crippen LogP contribution in [0.4, 0.5) is 0 Å². The molecule has 0 heterocycles. The van der Waals surface area contributed by atoms with Gasteiger partial charge in [-0.2, -0.15) is 0 Å². The maximum atomic E-state index is 10.5. The van der Waals surface area contributed by atoms with Crippen LogP contribution >= 0.6 is 0 Å². The van der Waals surface area contributed by atoms with E-state index in [-0.39, 0.29) is 0 Å². The summed E-state index contributed by atoms with van der Waals surface area (Å²) in [7, 11) is 0. The van der Waals surface area contributed by atoms with Crippen molar-refractivity contribution in [3.8, 4) is 0 Å². The molecule has 0 bridgehead atoms. The molecule has 4 nitrogen and oxygen atoms in total. The first-order valence-electron chi connectivity index (χ1n) is 6.23. The molecule has 1 aliphatic rings. The number of carboxylic acid groups (broad SMARTS) is 1. The molecule has 0 aliphatic heterocycles. The standard InChI is InChI=1S/C12H23NO3/c1-2-9-4-3-5-10(8-9)16-7-6-11(13)12(14)15/h9-11H,2-8,13H2,1H3,(H,14,15). The fourth-order valence-corrected chi connectivity index (χ4v) is 2.25. The molecule has 0 aromatic rings. The third-order valence-corrected chi connectivity index (χ3v) is 3.41. The summed E-state index contributed by atoms with van der Waals surface area (Å²) in [5.41, 5.74) is 5.41. The van der Waals surface area contributed by atoms with Gasteiger partial charge in [0.2, 0.25) is 0 Å². The lowest BCUT2D eigenvalue weighted by Crippen LogP contribution is -2.32. The summed E-state index contributed by atoms with van der Waals surface area (Å²) in [5, 5.41) is 8.62. The van der Waals surface area contributed by atoms with E-state index in [1.807, 2.05) is 0 Å². The topological polar surface area (TPSA) is 72.5 Å². The van der Waals surface area contributed by atoms with Gasteiger partial charge in [0.05, 0.1) is 6.10 Å². The lowest BCUT2D eigenvalue weighted by molar-refractivity contribution is -0.139. The third kappa shape index (κ3) is 4.49. The Morgan fingerprint density at radius 3 is 2.94 bits per heavy atom. The van der Waals surface area contributed by atoms with Crippen LogP contribution in [0.1, 0.15) is 45.4 Å². The zero-order chi connectivity index (χ0) is 12.0. The van der Waals surface area contributed by atoms with Crippen LogP contribution in [0, 0.1) is 5.92 Å². The monoisotopic (exact) mass is 229 g/mol. The summed E-state index contributed by atoms with van der Waals surface area (Å²) in [4.78, 5) is 10.5. The molecule has 0 radical (unpaired) electrons. The first kappa shape index (κ1) is 13.5. The van der Waals surface area contributed by atoms with Crippen molar-refractivity contribution >= 4 is 5.97 Å². The van der Waals surface area contributed by atoms with Crippen LogP contribution in [0.25, 0.3) is 0 Å². The maximum Gasteiger partial charge on any atom is 0.320 e. The minimum Gasteiger partial charge on any atom is -0.480 e. The third-order valence-electron chi connectivity index (χ3n) is 3.41. The second-order valence-corrected chi connectivity index (χ2v) is 4.67. The number of hydrogen-bond donors (Lipinski definition) is 2. The van der Waals surface area contributed by atoms with Gasteiger partial charge in [-0.15, -0.1) is 0 Å². The van der Waals surface area contributed by atoms with E-state index < -0.39 is 12.0 Å². The first-order chi connectivity index (χ1) is 7.63. The van der Waals surface area contributed by atoms with E-state index in [4.69, 9.17) is 15.6 Å². The highest BCUT2D eigenvalue weighted by Crippen LogP contribution is 2.28. The van der Waals surface area contributed by atoms with Crippen molar-refractivity contribution in [3.63, 3.8) is 0 Å². The second kappa shape index (κ2) is 6.86.